The van der Waals surface area contributed by atoms with Crippen LogP contribution in [0.2, 0.25) is 5.02 Å². The summed E-state index contributed by atoms with van der Waals surface area (Å²) in [5.74, 6) is 0.395. The lowest BCUT2D eigenvalue weighted by Crippen LogP contribution is -2.33. The summed E-state index contributed by atoms with van der Waals surface area (Å²) < 4.78 is 13.9. The van der Waals surface area contributed by atoms with E-state index in [2.05, 4.69) is 26.1 Å². The lowest BCUT2D eigenvalue weighted by atomic mass is 9.93. The lowest BCUT2D eigenvalue weighted by Gasteiger charge is -2.22. The van der Waals surface area contributed by atoms with Gasteiger partial charge >= 0.3 is 0 Å². The van der Waals surface area contributed by atoms with Crippen LogP contribution in [0.15, 0.2) is 18.2 Å². The van der Waals surface area contributed by atoms with Crippen molar-refractivity contribution in [2.45, 2.75) is 52.5 Å². The molecule has 0 aliphatic heterocycles. The Balaban J connectivity index is 2.69. The number of nitrogens with one attached hydrogen (secondary N) is 1. The van der Waals surface area contributed by atoms with E-state index in [1.165, 1.54) is 12.8 Å². The first-order valence-corrected chi connectivity index (χ1v) is 7.62. The van der Waals surface area contributed by atoms with Crippen LogP contribution < -0.4 is 5.32 Å². The van der Waals surface area contributed by atoms with Crippen molar-refractivity contribution in [1.29, 1.82) is 0 Å². The Morgan fingerprint density at radius 3 is 2.68 bits per heavy atom. The highest BCUT2D eigenvalue weighted by atomic mass is 35.5. The molecule has 0 fully saturated rings. The number of hydrogen-bond donors (Lipinski definition) is 1. The second-order valence-electron chi connectivity index (χ2n) is 5.30. The largest absolute Gasteiger partial charge is 0.314 e. The van der Waals surface area contributed by atoms with Gasteiger partial charge in [-0.2, -0.15) is 0 Å². The molecule has 3 heteroatoms. The van der Waals surface area contributed by atoms with Crippen molar-refractivity contribution < 1.29 is 4.39 Å². The second kappa shape index (κ2) is 8.55. The zero-order valence-corrected chi connectivity index (χ0v) is 12.9. The van der Waals surface area contributed by atoms with E-state index in [4.69, 9.17) is 11.6 Å². The van der Waals surface area contributed by atoms with Crippen LogP contribution in [0.3, 0.4) is 0 Å². The first-order valence-electron chi connectivity index (χ1n) is 7.24. The molecule has 0 amide bonds. The quantitative estimate of drug-likeness (QED) is 0.722. The molecular formula is C16H25ClFN. The fourth-order valence-electron chi connectivity index (χ4n) is 2.60. The number of halogens is 2. The average Bonchev–Trinajstić information content (AvgIpc) is 2.35. The molecule has 0 radical (unpaired) electrons. The van der Waals surface area contributed by atoms with Crippen molar-refractivity contribution in [2.75, 3.05) is 6.54 Å². The minimum atomic E-state index is -0.268. The maximum Gasteiger partial charge on any atom is 0.145 e. The van der Waals surface area contributed by atoms with Crippen LogP contribution in [-0.2, 0) is 6.42 Å². The molecule has 0 aromatic heterocycles. The molecule has 1 aromatic carbocycles. The van der Waals surface area contributed by atoms with Crippen LogP contribution in [0.25, 0.3) is 0 Å². The summed E-state index contributed by atoms with van der Waals surface area (Å²) >= 11 is 5.83. The number of benzene rings is 1. The minimum absolute atomic E-state index is 0.217. The number of rotatable bonds is 8. The molecule has 0 aliphatic rings. The van der Waals surface area contributed by atoms with Gasteiger partial charge in [-0.15, -0.1) is 0 Å². The van der Waals surface area contributed by atoms with Crippen LogP contribution in [-0.4, -0.2) is 12.6 Å². The Labute approximate surface area is 121 Å². The van der Waals surface area contributed by atoms with Gasteiger partial charge in [0.25, 0.3) is 0 Å². The second-order valence-corrected chi connectivity index (χ2v) is 5.71. The Morgan fingerprint density at radius 1 is 1.32 bits per heavy atom. The third-order valence-corrected chi connectivity index (χ3v) is 3.75. The molecule has 0 saturated carbocycles. The van der Waals surface area contributed by atoms with Crippen LogP contribution in [0.1, 0.15) is 45.6 Å². The van der Waals surface area contributed by atoms with Crippen LogP contribution in [0.4, 0.5) is 4.39 Å². The van der Waals surface area contributed by atoms with E-state index >= 15 is 0 Å². The van der Waals surface area contributed by atoms with E-state index in [1.807, 2.05) is 12.1 Å². The van der Waals surface area contributed by atoms with Crippen LogP contribution in [0, 0.1) is 11.7 Å². The minimum Gasteiger partial charge on any atom is -0.314 e. The smallest absolute Gasteiger partial charge is 0.145 e. The average molecular weight is 286 g/mol. The highest BCUT2D eigenvalue weighted by molar-refractivity contribution is 6.30. The molecule has 0 spiro atoms. The van der Waals surface area contributed by atoms with Gasteiger partial charge in [-0.25, -0.2) is 4.39 Å². The van der Waals surface area contributed by atoms with Gasteiger partial charge < -0.3 is 5.32 Å². The summed E-state index contributed by atoms with van der Waals surface area (Å²) in [7, 11) is 0. The predicted molar refractivity (Wildman–Crippen MR) is 81.3 cm³/mol. The maximum atomic E-state index is 13.9. The first kappa shape index (κ1) is 16.5. The molecule has 0 bridgehead atoms. The van der Waals surface area contributed by atoms with Crippen LogP contribution >= 0.6 is 11.6 Å². The molecule has 2 atom stereocenters. The van der Waals surface area contributed by atoms with Crippen molar-refractivity contribution in [3.8, 4) is 0 Å². The summed E-state index contributed by atoms with van der Waals surface area (Å²) in [5, 5.41) is 3.67. The predicted octanol–water partition coefficient (Wildman–Crippen LogP) is 4.83. The van der Waals surface area contributed by atoms with E-state index in [-0.39, 0.29) is 10.8 Å². The fraction of sp³-hybridized carbons (Fsp3) is 0.625. The molecule has 1 N–H and O–H groups in total. The van der Waals surface area contributed by atoms with Gasteiger partial charge in [0.05, 0.1) is 5.02 Å². The number of hydrogen-bond acceptors (Lipinski definition) is 1. The molecule has 0 aliphatic carbocycles. The zero-order chi connectivity index (χ0) is 14.3. The van der Waals surface area contributed by atoms with Gasteiger partial charge in [0.2, 0.25) is 0 Å². The molecule has 1 nitrogen and oxygen atoms in total. The Hall–Kier alpha value is -0.600. The highest BCUT2D eigenvalue weighted by Crippen LogP contribution is 2.21. The molecule has 1 aromatic rings. The van der Waals surface area contributed by atoms with E-state index in [1.54, 1.807) is 6.07 Å². The molecule has 1 rings (SSSR count). The Kier molecular flexibility index (Phi) is 7.40. The van der Waals surface area contributed by atoms with Gasteiger partial charge in [0.1, 0.15) is 5.82 Å². The monoisotopic (exact) mass is 285 g/mol. The third kappa shape index (κ3) is 5.50. The molecule has 0 saturated heterocycles. The fourth-order valence-corrected chi connectivity index (χ4v) is 2.79. The van der Waals surface area contributed by atoms with Gasteiger partial charge in [-0.3, -0.25) is 0 Å². The summed E-state index contributed by atoms with van der Waals surface area (Å²) in [6.07, 6.45) is 4.20. The van der Waals surface area contributed by atoms with Crippen molar-refractivity contribution in [2.24, 2.45) is 5.92 Å². The van der Waals surface area contributed by atoms with Crippen molar-refractivity contribution >= 4 is 11.6 Å². The van der Waals surface area contributed by atoms with Gasteiger partial charge in [0.15, 0.2) is 0 Å². The topological polar surface area (TPSA) is 12.0 Å². The third-order valence-electron chi connectivity index (χ3n) is 3.46. The molecule has 108 valence electrons. The molecular weight excluding hydrogens is 261 g/mol. The standard InChI is InChI=1S/C16H25ClFN/c1-4-7-12(3)10-14(19-5-2)11-13-8-6-9-15(17)16(13)18/h6,8-9,12,14,19H,4-5,7,10-11H2,1-3H3. The van der Waals surface area contributed by atoms with E-state index in [9.17, 15) is 4.39 Å². The van der Waals surface area contributed by atoms with Gasteiger partial charge in [0, 0.05) is 6.04 Å². The first-order chi connectivity index (χ1) is 9.08. The summed E-state index contributed by atoms with van der Waals surface area (Å²) in [6.45, 7) is 7.47. The van der Waals surface area contributed by atoms with E-state index in [0.29, 0.717) is 23.9 Å². The normalized spacial score (nSPS) is 14.4. The van der Waals surface area contributed by atoms with Crippen LogP contribution in [0.5, 0.6) is 0 Å². The highest BCUT2D eigenvalue weighted by Gasteiger charge is 2.15. The van der Waals surface area contributed by atoms with Gasteiger partial charge in [-0.1, -0.05) is 57.3 Å². The lowest BCUT2D eigenvalue weighted by molar-refractivity contribution is 0.382. The van der Waals surface area contributed by atoms with Crippen molar-refractivity contribution in [3.63, 3.8) is 0 Å². The summed E-state index contributed by atoms with van der Waals surface area (Å²) in [5.41, 5.74) is 0.710. The Bertz CT molecular complexity index is 381. The molecule has 19 heavy (non-hydrogen) atoms. The van der Waals surface area contributed by atoms with Gasteiger partial charge in [-0.05, 0) is 36.9 Å². The van der Waals surface area contributed by atoms with Crippen molar-refractivity contribution in [3.05, 3.63) is 34.6 Å². The summed E-state index contributed by atoms with van der Waals surface area (Å²) in [4.78, 5) is 0. The summed E-state index contributed by atoms with van der Waals surface area (Å²) in [6, 6.07) is 5.57. The molecule has 2 unspecified atom stereocenters. The molecule has 0 heterocycles. The number of likely N-dealkylation sites (N-methyl/N-ethyl adjacent to an activating group) is 1. The maximum absolute atomic E-state index is 13.9. The zero-order valence-electron chi connectivity index (χ0n) is 12.2. The van der Waals surface area contributed by atoms with E-state index < -0.39 is 0 Å². The van der Waals surface area contributed by atoms with Crippen molar-refractivity contribution in [1.82, 2.24) is 5.32 Å². The Morgan fingerprint density at radius 2 is 2.05 bits per heavy atom. The van der Waals surface area contributed by atoms with E-state index in [0.717, 1.165) is 13.0 Å². The SMILES string of the molecule is CCCC(C)CC(Cc1cccc(Cl)c1F)NCC.